The molecule has 1 heterocycles. The molecule has 0 saturated heterocycles. The van der Waals surface area contributed by atoms with Crippen molar-refractivity contribution in [2.45, 2.75) is 17.9 Å². The number of benzene rings is 3. The average molecular weight is 449 g/mol. The largest absolute Gasteiger partial charge is 0.346 e. The van der Waals surface area contributed by atoms with E-state index in [-0.39, 0.29) is 17.9 Å². The Morgan fingerprint density at radius 3 is 2.52 bits per heavy atom. The molecule has 0 fully saturated rings. The summed E-state index contributed by atoms with van der Waals surface area (Å²) in [6, 6.07) is 22.5. The molecule has 4 rings (SSSR count). The average Bonchev–Trinajstić information content (AvgIpc) is 2.79. The molecule has 6 heteroatoms. The van der Waals surface area contributed by atoms with Crippen LogP contribution in [-0.2, 0) is 4.79 Å². The Hall–Kier alpha value is -3.02. The van der Waals surface area contributed by atoms with Gasteiger partial charge < -0.3 is 10.2 Å². The Kier molecular flexibility index (Phi) is 6.16. The van der Waals surface area contributed by atoms with Gasteiger partial charge in [0.25, 0.3) is 11.8 Å². The van der Waals surface area contributed by atoms with Crippen molar-refractivity contribution in [1.29, 1.82) is 0 Å². The van der Waals surface area contributed by atoms with Gasteiger partial charge in [-0.05, 0) is 48.4 Å². The third-order valence-electron chi connectivity index (χ3n) is 5.16. The van der Waals surface area contributed by atoms with Gasteiger partial charge in [-0.2, -0.15) is 0 Å². The van der Waals surface area contributed by atoms with E-state index in [1.807, 2.05) is 61.5 Å². The number of nitrogens with one attached hydrogen (secondary N) is 1. The van der Waals surface area contributed by atoms with Gasteiger partial charge in [-0.25, -0.2) is 0 Å². The van der Waals surface area contributed by atoms with Crippen molar-refractivity contribution in [2.24, 2.45) is 0 Å². The highest BCUT2D eigenvalue weighted by atomic mass is 35.5. The molecule has 156 valence electrons. The third kappa shape index (κ3) is 4.53. The number of nitrogens with zero attached hydrogens (tertiary/aromatic N) is 1. The lowest BCUT2D eigenvalue weighted by Crippen LogP contribution is -2.31. The molecule has 31 heavy (non-hydrogen) atoms. The summed E-state index contributed by atoms with van der Waals surface area (Å²) in [6.07, 6.45) is 1.80. The van der Waals surface area contributed by atoms with Crippen LogP contribution in [-0.4, -0.2) is 18.9 Å². The van der Waals surface area contributed by atoms with Crippen LogP contribution in [0.25, 0.3) is 6.08 Å². The Balaban J connectivity index is 1.57. The van der Waals surface area contributed by atoms with Crippen LogP contribution >= 0.6 is 23.4 Å². The van der Waals surface area contributed by atoms with Crippen LogP contribution < -0.4 is 10.2 Å². The lowest BCUT2D eigenvalue weighted by atomic mass is 10.1. The first-order valence-corrected chi connectivity index (χ1v) is 11.1. The third-order valence-corrected chi connectivity index (χ3v) is 6.58. The molecule has 0 bridgehead atoms. The summed E-state index contributed by atoms with van der Waals surface area (Å²) in [7, 11) is 1.72. The number of hydrogen-bond donors (Lipinski definition) is 1. The van der Waals surface area contributed by atoms with Gasteiger partial charge >= 0.3 is 0 Å². The Morgan fingerprint density at radius 1 is 1.06 bits per heavy atom. The molecule has 0 unspecified atom stereocenters. The molecule has 1 N–H and O–H groups in total. The van der Waals surface area contributed by atoms with Crippen LogP contribution in [0, 0.1) is 0 Å². The van der Waals surface area contributed by atoms with E-state index < -0.39 is 0 Å². The summed E-state index contributed by atoms with van der Waals surface area (Å²) in [6.45, 7) is 1.95. The SMILES string of the molecule is C[C@H](NC(=O)c1ccc2c(c1)N(C)C(=O)/C(=C/c1ccccc1Cl)S2)c1ccccc1. The molecule has 3 aromatic carbocycles. The highest BCUT2D eigenvalue weighted by Crippen LogP contribution is 2.42. The number of carbonyl (C=O) groups excluding carboxylic acids is 2. The van der Waals surface area contributed by atoms with Crippen molar-refractivity contribution in [3.05, 3.63) is 99.4 Å². The van der Waals surface area contributed by atoms with Crippen molar-refractivity contribution < 1.29 is 9.59 Å². The predicted molar refractivity (Wildman–Crippen MR) is 127 cm³/mol. The van der Waals surface area contributed by atoms with Crippen molar-refractivity contribution in [1.82, 2.24) is 5.32 Å². The number of fused-ring (bicyclic) bond motifs is 1. The molecule has 4 nitrogen and oxygen atoms in total. The maximum atomic E-state index is 12.9. The van der Waals surface area contributed by atoms with Gasteiger partial charge in [0.1, 0.15) is 0 Å². The van der Waals surface area contributed by atoms with Gasteiger partial charge in [0.2, 0.25) is 0 Å². The summed E-state index contributed by atoms with van der Waals surface area (Å²) < 4.78 is 0. The van der Waals surface area contributed by atoms with Crippen LogP contribution in [0.5, 0.6) is 0 Å². The number of carbonyl (C=O) groups is 2. The molecule has 3 aromatic rings. The van der Waals surface area contributed by atoms with Crippen molar-refractivity contribution >= 4 is 46.9 Å². The summed E-state index contributed by atoms with van der Waals surface area (Å²) in [5, 5.41) is 3.61. The second-order valence-electron chi connectivity index (χ2n) is 7.28. The Morgan fingerprint density at radius 2 is 1.77 bits per heavy atom. The molecular formula is C25H21ClN2O2S. The first-order valence-electron chi connectivity index (χ1n) is 9.86. The number of amides is 2. The topological polar surface area (TPSA) is 49.4 Å². The minimum Gasteiger partial charge on any atom is -0.346 e. The molecule has 0 spiro atoms. The van der Waals surface area contributed by atoms with E-state index in [1.54, 1.807) is 36.2 Å². The number of rotatable bonds is 4. The fourth-order valence-electron chi connectivity index (χ4n) is 3.37. The first-order chi connectivity index (χ1) is 14.9. The fraction of sp³-hybridized carbons (Fsp3) is 0.120. The van der Waals surface area contributed by atoms with E-state index >= 15 is 0 Å². The number of anilines is 1. The van der Waals surface area contributed by atoms with Crippen LogP contribution in [0.3, 0.4) is 0 Å². The second-order valence-corrected chi connectivity index (χ2v) is 8.78. The molecule has 1 aliphatic rings. The second kappa shape index (κ2) is 9.00. The Labute approximate surface area is 190 Å². The maximum Gasteiger partial charge on any atom is 0.264 e. The molecule has 2 amide bonds. The lowest BCUT2D eigenvalue weighted by molar-refractivity contribution is -0.114. The van der Waals surface area contributed by atoms with Crippen LogP contribution in [0.1, 0.15) is 34.5 Å². The van der Waals surface area contributed by atoms with E-state index in [0.717, 1.165) is 16.0 Å². The monoisotopic (exact) mass is 448 g/mol. The highest BCUT2D eigenvalue weighted by molar-refractivity contribution is 8.04. The van der Waals surface area contributed by atoms with E-state index in [1.165, 1.54) is 11.8 Å². The number of likely N-dealkylation sites (N-methyl/N-ethyl adjacent to an activating group) is 1. The van der Waals surface area contributed by atoms with Crippen molar-refractivity contribution in [3.63, 3.8) is 0 Å². The van der Waals surface area contributed by atoms with Crippen LogP contribution in [0.2, 0.25) is 5.02 Å². The molecule has 0 aliphatic carbocycles. The summed E-state index contributed by atoms with van der Waals surface area (Å²) in [5.74, 6) is -0.310. The number of thioether (sulfide) groups is 1. The van der Waals surface area contributed by atoms with Crippen LogP contribution in [0.4, 0.5) is 5.69 Å². The molecule has 0 radical (unpaired) electrons. The molecular weight excluding hydrogens is 428 g/mol. The summed E-state index contributed by atoms with van der Waals surface area (Å²) in [4.78, 5) is 28.8. The van der Waals surface area contributed by atoms with E-state index in [0.29, 0.717) is 21.2 Å². The summed E-state index contributed by atoms with van der Waals surface area (Å²) in [5.41, 5.74) is 3.06. The van der Waals surface area contributed by atoms with Gasteiger partial charge in [-0.3, -0.25) is 9.59 Å². The van der Waals surface area contributed by atoms with Crippen LogP contribution in [0.15, 0.2) is 82.6 Å². The molecule has 1 aliphatic heterocycles. The first kappa shape index (κ1) is 21.2. The predicted octanol–water partition coefficient (Wildman–Crippen LogP) is 5.94. The minimum atomic E-state index is -0.178. The molecule has 0 saturated carbocycles. The zero-order chi connectivity index (χ0) is 22.0. The number of hydrogen-bond acceptors (Lipinski definition) is 3. The molecule has 0 aromatic heterocycles. The Bertz CT molecular complexity index is 1180. The van der Waals surface area contributed by atoms with Crippen molar-refractivity contribution in [2.75, 3.05) is 11.9 Å². The zero-order valence-corrected chi connectivity index (χ0v) is 18.7. The minimum absolute atomic E-state index is 0.122. The fourth-order valence-corrected chi connectivity index (χ4v) is 4.65. The van der Waals surface area contributed by atoms with Gasteiger partial charge in [-0.1, -0.05) is 71.9 Å². The van der Waals surface area contributed by atoms with Gasteiger partial charge in [0.05, 0.1) is 16.6 Å². The van der Waals surface area contributed by atoms with E-state index in [9.17, 15) is 9.59 Å². The maximum absolute atomic E-state index is 12.9. The number of halogens is 1. The smallest absolute Gasteiger partial charge is 0.264 e. The van der Waals surface area contributed by atoms with Crippen molar-refractivity contribution in [3.8, 4) is 0 Å². The lowest BCUT2D eigenvalue weighted by Gasteiger charge is -2.27. The van der Waals surface area contributed by atoms with E-state index in [4.69, 9.17) is 11.6 Å². The molecule has 1 atom stereocenters. The van der Waals surface area contributed by atoms with Gasteiger partial charge in [-0.15, -0.1) is 0 Å². The zero-order valence-electron chi connectivity index (χ0n) is 17.1. The normalized spacial score (nSPS) is 15.5. The summed E-state index contributed by atoms with van der Waals surface area (Å²) >= 11 is 7.63. The quantitative estimate of drug-likeness (QED) is 0.502. The van der Waals surface area contributed by atoms with Gasteiger partial charge in [0.15, 0.2) is 0 Å². The highest BCUT2D eigenvalue weighted by Gasteiger charge is 2.27. The standard InChI is InChI=1S/C25H21ClN2O2S/c1-16(17-8-4-3-5-9-17)27-24(29)19-12-13-22-21(14-19)28(2)25(30)23(31-22)15-18-10-6-7-11-20(18)26/h3-16H,1-2H3,(H,27,29)/b23-15-/t16-/m0/s1. The van der Waals surface area contributed by atoms with Gasteiger partial charge in [0, 0.05) is 22.5 Å². The van der Waals surface area contributed by atoms with E-state index in [2.05, 4.69) is 5.32 Å².